The third-order valence-electron chi connectivity index (χ3n) is 3.85. The predicted octanol–water partition coefficient (Wildman–Crippen LogP) is 5.52. The van der Waals surface area contributed by atoms with E-state index in [9.17, 15) is 5.11 Å². The second-order valence-electron chi connectivity index (χ2n) is 4.83. The molecule has 2 rings (SSSR count). The SMILES string of the molecule is CCC1CCCCC1C(O)c1cc(Br)c(Br)s1. The van der Waals surface area contributed by atoms with E-state index in [4.69, 9.17) is 0 Å². The van der Waals surface area contributed by atoms with Crippen LogP contribution in [-0.2, 0) is 0 Å². The summed E-state index contributed by atoms with van der Waals surface area (Å²) in [6.07, 6.45) is 5.97. The van der Waals surface area contributed by atoms with E-state index >= 15 is 0 Å². The molecule has 4 heteroatoms. The van der Waals surface area contributed by atoms with Gasteiger partial charge in [0, 0.05) is 9.35 Å². The second-order valence-corrected chi connectivity index (χ2v) is 8.09. The normalized spacial score (nSPS) is 27.1. The minimum atomic E-state index is -0.284. The van der Waals surface area contributed by atoms with E-state index in [2.05, 4.69) is 44.8 Å². The van der Waals surface area contributed by atoms with E-state index in [1.54, 1.807) is 11.3 Å². The lowest BCUT2D eigenvalue weighted by Gasteiger charge is -2.33. The second kappa shape index (κ2) is 6.18. The number of hydrogen-bond donors (Lipinski definition) is 1. The summed E-state index contributed by atoms with van der Waals surface area (Å²) < 4.78 is 2.14. The lowest BCUT2D eigenvalue weighted by atomic mass is 9.74. The molecule has 3 unspecified atom stereocenters. The maximum absolute atomic E-state index is 10.6. The van der Waals surface area contributed by atoms with Gasteiger partial charge in [0.1, 0.15) is 0 Å². The summed E-state index contributed by atoms with van der Waals surface area (Å²) in [5.74, 6) is 1.14. The van der Waals surface area contributed by atoms with E-state index in [0.717, 1.165) is 13.1 Å². The third-order valence-corrected chi connectivity index (χ3v) is 7.18. The number of halogens is 2. The summed E-state index contributed by atoms with van der Waals surface area (Å²) >= 11 is 8.64. The molecule has 1 aliphatic carbocycles. The molecule has 0 spiro atoms. The summed E-state index contributed by atoms with van der Waals surface area (Å²) in [4.78, 5) is 1.09. The molecule has 1 saturated carbocycles. The minimum absolute atomic E-state index is 0.284. The van der Waals surface area contributed by atoms with Gasteiger partial charge >= 0.3 is 0 Å². The maximum atomic E-state index is 10.6. The van der Waals surface area contributed by atoms with Gasteiger partial charge in [0.05, 0.1) is 9.89 Å². The fraction of sp³-hybridized carbons (Fsp3) is 0.692. The van der Waals surface area contributed by atoms with Gasteiger partial charge in [-0.3, -0.25) is 0 Å². The van der Waals surface area contributed by atoms with Crippen LogP contribution in [0.1, 0.15) is 50.0 Å². The number of rotatable bonds is 3. The molecule has 3 atom stereocenters. The zero-order chi connectivity index (χ0) is 12.4. The Morgan fingerprint density at radius 2 is 2.12 bits per heavy atom. The van der Waals surface area contributed by atoms with E-state index < -0.39 is 0 Å². The molecule has 0 amide bonds. The van der Waals surface area contributed by atoms with Crippen LogP contribution < -0.4 is 0 Å². The summed E-state index contributed by atoms with van der Waals surface area (Å²) in [6.45, 7) is 2.25. The predicted molar refractivity (Wildman–Crippen MR) is 80.4 cm³/mol. The van der Waals surface area contributed by atoms with Crippen LogP contribution in [0.25, 0.3) is 0 Å². The fourth-order valence-corrected chi connectivity index (χ4v) is 5.03. The molecule has 1 aliphatic rings. The van der Waals surface area contributed by atoms with Gasteiger partial charge in [-0.1, -0.05) is 32.6 Å². The van der Waals surface area contributed by atoms with Gasteiger partial charge in [-0.2, -0.15) is 0 Å². The molecule has 1 heterocycles. The maximum Gasteiger partial charge on any atom is 0.0913 e. The van der Waals surface area contributed by atoms with Crippen molar-refractivity contribution in [2.24, 2.45) is 11.8 Å². The van der Waals surface area contributed by atoms with Crippen molar-refractivity contribution in [3.8, 4) is 0 Å². The van der Waals surface area contributed by atoms with Gasteiger partial charge in [0.2, 0.25) is 0 Å². The Labute approximate surface area is 124 Å². The van der Waals surface area contributed by atoms with Crippen molar-refractivity contribution in [1.82, 2.24) is 0 Å². The van der Waals surface area contributed by atoms with Gasteiger partial charge in [0.15, 0.2) is 0 Å². The highest BCUT2D eigenvalue weighted by Crippen LogP contribution is 2.44. The molecule has 0 saturated heterocycles. The Balaban J connectivity index is 2.14. The smallest absolute Gasteiger partial charge is 0.0913 e. The summed E-state index contributed by atoms with van der Waals surface area (Å²) in [7, 11) is 0. The molecule has 1 nitrogen and oxygen atoms in total. The van der Waals surface area contributed by atoms with Crippen molar-refractivity contribution in [2.45, 2.75) is 45.1 Å². The summed E-state index contributed by atoms with van der Waals surface area (Å²) in [5, 5.41) is 10.6. The molecule has 1 aromatic heterocycles. The Hall–Kier alpha value is 0.620. The van der Waals surface area contributed by atoms with Crippen molar-refractivity contribution in [1.29, 1.82) is 0 Å². The zero-order valence-corrected chi connectivity index (χ0v) is 13.9. The van der Waals surface area contributed by atoms with E-state index in [1.165, 1.54) is 32.1 Å². The highest BCUT2D eigenvalue weighted by molar-refractivity contribution is 9.13. The first kappa shape index (κ1) is 14.0. The van der Waals surface area contributed by atoms with Crippen LogP contribution in [0, 0.1) is 11.8 Å². The molecule has 96 valence electrons. The van der Waals surface area contributed by atoms with Gasteiger partial charge in [-0.15, -0.1) is 11.3 Å². The molecule has 0 aliphatic heterocycles. The highest BCUT2D eigenvalue weighted by atomic mass is 79.9. The fourth-order valence-electron chi connectivity index (χ4n) is 2.88. The first-order valence-corrected chi connectivity index (χ1v) is 8.66. The lowest BCUT2D eigenvalue weighted by Crippen LogP contribution is -2.24. The van der Waals surface area contributed by atoms with Crippen LogP contribution in [0.4, 0.5) is 0 Å². The number of aliphatic hydroxyl groups is 1. The van der Waals surface area contributed by atoms with E-state index in [0.29, 0.717) is 11.8 Å². The molecule has 0 bridgehead atoms. The van der Waals surface area contributed by atoms with Crippen LogP contribution >= 0.6 is 43.2 Å². The van der Waals surface area contributed by atoms with Crippen LogP contribution in [0.3, 0.4) is 0 Å². The van der Waals surface area contributed by atoms with Crippen LogP contribution in [0.5, 0.6) is 0 Å². The summed E-state index contributed by atoms with van der Waals surface area (Å²) in [6, 6.07) is 2.06. The quantitative estimate of drug-likeness (QED) is 0.730. The van der Waals surface area contributed by atoms with Gasteiger partial charge in [0.25, 0.3) is 0 Å². The average Bonchev–Trinajstić information content (AvgIpc) is 2.68. The standard InChI is InChI=1S/C13H18Br2OS/c1-2-8-5-3-4-6-9(8)12(16)11-7-10(14)13(15)17-11/h7-9,12,16H,2-6H2,1H3. The average molecular weight is 382 g/mol. The van der Waals surface area contributed by atoms with Gasteiger partial charge < -0.3 is 5.11 Å². The van der Waals surface area contributed by atoms with Crippen LogP contribution in [0.15, 0.2) is 14.3 Å². The first-order valence-electron chi connectivity index (χ1n) is 6.26. The third kappa shape index (κ3) is 3.14. The molecular formula is C13H18Br2OS. The van der Waals surface area contributed by atoms with Gasteiger partial charge in [-0.05, 0) is 56.2 Å². The number of hydrogen-bond acceptors (Lipinski definition) is 2. The molecule has 1 N–H and O–H groups in total. The Morgan fingerprint density at radius 3 is 2.71 bits per heavy atom. The Morgan fingerprint density at radius 1 is 1.41 bits per heavy atom. The molecule has 1 aromatic rings. The first-order chi connectivity index (χ1) is 8.13. The molecule has 0 radical (unpaired) electrons. The zero-order valence-electron chi connectivity index (χ0n) is 9.96. The number of aliphatic hydroxyl groups excluding tert-OH is 1. The van der Waals surface area contributed by atoms with Crippen molar-refractivity contribution < 1.29 is 5.11 Å². The monoisotopic (exact) mass is 380 g/mol. The topological polar surface area (TPSA) is 20.2 Å². The Bertz CT molecular complexity index is 358. The van der Waals surface area contributed by atoms with Crippen LogP contribution in [0.2, 0.25) is 0 Å². The van der Waals surface area contributed by atoms with E-state index in [1.807, 2.05) is 0 Å². The highest BCUT2D eigenvalue weighted by Gasteiger charge is 2.31. The molecular weight excluding hydrogens is 364 g/mol. The van der Waals surface area contributed by atoms with Crippen molar-refractivity contribution in [2.75, 3.05) is 0 Å². The van der Waals surface area contributed by atoms with Crippen LogP contribution in [-0.4, -0.2) is 5.11 Å². The molecule has 17 heavy (non-hydrogen) atoms. The van der Waals surface area contributed by atoms with Crippen molar-refractivity contribution >= 4 is 43.2 Å². The van der Waals surface area contributed by atoms with E-state index in [-0.39, 0.29) is 6.10 Å². The largest absolute Gasteiger partial charge is 0.387 e. The van der Waals surface area contributed by atoms with Crippen molar-refractivity contribution in [3.63, 3.8) is 0 Å². The molecule has 0 aromatic carbocycles. The minimum Gasteiger partial charge on any atom is -0.387 e. The number of thiophene rings is 1. The Kier molecular flexibility index (Phi) is 5.10. The van der Waals surface area contributed by atoms with Gasteiger partial charge in [-0.25, -0.2) is 0 Å². The lowest BCUT2D eigenvalue weighted by molar-refractivity contribution is 0.0477. The summed E-state index contributed by atoms with van der Waals surface area (Å²) in [5.41, 5.74) is 0. The van der Waals surface area contributed by atoms with Crippen molar-refractivity contribution in [3.05, 3.63) is 19.2 Å². The molecule has 1 fully saturated rings.